The van der Waals surface area contributed by atoms with Gasteiger partial charge in [0.05, 0.1) is 53.8 Å². The van der Waals surface area contributed by atoms with Crippen LogP contribution in [0, 0.1) is 0 Å². The maximum absolute atomic E-state index is 13.1. The quantitative estimate of drug-likeness (QED) is 0.0892. The molecule has 0 amide bonds. The topological polar surface area (TPSA) is 205 Å². The van der Waals surface area contributed by atoms with Gasteiger partial charge in [0.25, 0.3) is 0 Å². The van der Waals surface area contributed by atoms with Crippen LogP contribution >= 0.6 is 0 Å². The molecule has 0 aliphatic rings. The number of benzene rings is 4. The van der Waals surface area contributed by atoms with Crippen molar-refractivity contribution in [3.8, 4) is 68.6 Å². The Morgan fingerprint density at radius 2 is 0.688 bits per heavy atom. The van der Waals surface area contributed by atoms with E-state index in [0.29, 0.717) is 0 Å². The molecule has 0 saturated carbocycles. The van der Waals surface area contributed by atoms with Gasteiger partial charge in [-0.15, -0.1) is 0 Å². The number of hydrogen-bond donors (Lipinski definition) is 4. The molecule has 14 heteroatoms. The first-order valence-electron chi connectivity index (χ1n) is 13.8. The van der Waals surface area contributed by atoms with Gasteiger partial charge < -0.3 is 48.8 Å². The van der Waals surface area contributed by atoms with Gasteiger partial charge in [-0.2, -0.15) is 0 Å². The molecule has 0 aliphatic heterocycles. The van der Waals surface area contributed by atoms with Crippen LogP contribution in [0.5, 0.6) is 57.5 Å². The highest BCUT2D eigenvalue weighted by atomic mass is 16.5. The van der Waals surface area contributed by atoms with E-state index >= 15 is 0 Å². The Kier molecular flexibility index (Phi) is 9.98. The molecular formula is C34H30O14. The van der Waals surface area contributed by atoms with Gasteiger partial charge in [0.15, 0.2) is 23.0 Å². The van der Waals surface area contributed by atoms with Crippen LogP contribution in [0.15, 0.2) is 48.5 Å². The normalized spacial score (nSPS) is 10.5. The zero-order valence-electron chi connectivity index (χ0n) is 26.5. The van der Waals surface area contributed by atoms with Crippen LogP contribution in [-0.2, 0) is 0 Å². The third-order valence-corrected chi connectivity index (χ3v) is 7.27. The van der Waals surface area contributed by atoms with Gasteiger partial charge in [0.2, 0.25) is 34.6 Å². The Balaban J connectivity index is 1.68. The monoisotopic (exact) mass is 662 g/mol. The fraction of sp³-hybridized carbons (Fsp3) is 0.176. The molecule has 250 valence electrons. The number of rotatable bonds is 13. The maximum atomic E-state index is 13.1. The predicted molar refractivity (Wildman–Crippen MR) is 168 cm³/mol. The Bertz CT molecular complexity index is 1770. The van der Waals surface area contributed by atoms with Crippen molar-refractivity contribution in [2.45, 2.75) is 0 Å². The molecule has 4 aromatic carbocycles. The van der Waals surface area contributed by atoms with E-state index in [4.69, 9.17) is 28.4 Å². The number of carbonyl (C=O) groups is 4. The fourth-order valence-electron chi connectivity index (χ4n) is 4.88. The fourth-order valence-corrected chi connectivity index (χ4v) is 4.88. The lowest BCUT2D eigenvalue weighted by Gasteiger charge is -2.15. The van der Waals surface area contributed by atoms with E-state index in [-0.39, 0.29) is 56.8 Å². The summed E-state index contributed by atoms with van der Waals surface area (Å²) < 4.78 is 31.3. The summed E-state index contributed by atoms with van der Waals surface area (Å²) in [7, 11) is 7.99. The average molecular weight is 663 g/mol. The summed E-state index contributed by atoms with van der Waals surface area (Å²) in [5, 5.41) is 43.0. The Morgan fingerprint density at radius 1 is 0.396 bits per heavy atom. The largest absolute Gasteiger partial charge is 0.507 e. The lowest BCUT2D eigenvalue weighted by molar-refractivity contribution is 0.0814. The van der Waals surface area contributed by atoms with Gasteiger partial charge in [-0.25, -0.2) is 0 Å². The molecule has 0 spiro atoms. The number of aromatic hydroxyl groups is 4. The first kappa shape index (κ1) is 34.4. The number of phenols is 4. The molecule has 0 atom stereocenters. The molecule has 0 radical (unpaired) electrons. The molecule has 48 heavy (non-hydrogen) atoms. The van der Waals surface area contributed by atoms with E-state index in [9.17, 15) is 39.6 Å². The highest BCUT2D eigenvalue weighted by molar-refractivity contribution is 6.50. The number of carbonyl (C=O) groups excluding carboxylic acids is 4. The SMILES string of the molecule is COc1cc(C(=O)C(=O)c2cc(O)c(-c3cc(O)c(C(=O)C(=O)c4cc(OC)c(OC)c(OC)c4)cc3O)cc2O)cc(OC)c1OC. The molecule has 4 rings (SSSR count). The Labute approximate surface area is 273 Å². The van der Waals surface area contributed by atoms with Crippen LogP contribution in [0.2, 0.25) is 0 Å². The predicted octanol–water partition coefficient (Wildman–Crippen LogP) is 4.36. The van der Waals surface area contributed by atoms with Crippen molar-refractivity contribution in [1.82, 2.24) is 0 Å². The van der Waals surface area contributed by atoms with Crippen LogP contribution in [0.4, 0.5) is 0 Å². The molecule has 0 saturated heterocycles. The number of ether oxygens (including phenoxy) is 6. The first-order chi connectivity index (χ1) is 22.8. The van der Waals surface area contributed by atoms with Crippen molar-refractivity contribution in [3.63, 3.8) is 0 Å². The lowest BCUT2D eigenvalue weighted by Crippen LogP contribution is -2.15. The van der Waals surface area contributed by atoms with E-state index in [0.717, 1.165) is 24.3 Å². The van der Waals surface area contributed by atoms with E-state index < -0.39 is 57.3 Å². The molecule has 0 aliphatic carbocycles. The second-order valence-electron chi connectivity index (χ2n) is 9.92. The number of hydrogen-bond acceptors (Lipinski definition) is 14. The van der Waals surface area contributed by atoms with E-state index in [2.05, 4.69) is 0 Å². The van der Waals surface area contributed by atoms with Crippen molar-refractivity contribution in [1.29, 1.82) is 0 Å². The summed E-state index contributed by atoms with van der Waals surface area (Å²) in [4.78, 5) is 52.5. The zero-order valence-corrected chi connectivity index (χ0v) is 26.5. The van der Waals surface area contributed by atoms with Gasteiger partial charge in [-0.3, -0.25) is 19.2 Å². The highest BCUT2D eigenvalue weighted by Crippen LogP contribution is 2.44. The van der Waals surface area contributed by atoms with Crippen LogP contribution in [0.3, 0.4) is 0 Å². The number of methoxy groups -OCH3 is 6. The van der Waals surface area contributed by atoms with Crippen molar-refractivity contribution < 1.29 is 68.0 Å². The number of Topliss-reactive ketones (excluding diaryl/α,β-unsaturated/α-hetero) is 4. The summed E-state index contributed by atoms with van der Waals surface area (Å²) >= 11 is 0. The summed E-state index contributed by atoms with van der Waals surface area (Å²) in [5.74, 6) is -6.74. The standard InChI is InChI=1S/C34H30O14/c1-43-25-7-15(8-26(44-2)33(25)47-5)29(39)31(41)19-13-21(35)17(11-23(19)37)18-12-24(38)20(14-22(18)36)32(42)30(40)16-9-27(45-3)34(48-6)28(10-16)46-4/h7-14,35-38H,1-6H3. The minimum absolute atomic E-state index is 0.0952. The zero-order chi connectivity index (χ0) is 35.4. The summed E-state index contributed by atoms with van der Waals surface area (Å²) in [6.45, 7) is 0. The molecule has 0 unspecified atom stereocenters. The Hall–Kier alpha value is -6.44. The molecule has 0 aromatic heterocycles. The molecule has 4 aromatic rings. The number of phenolic OH excluding ortho intramolecular Hbond substituents is 4. The van der Waals surface area contributed by atoms with E-state index in [1.807, 2.05) is 0 Å². The van der Waals surface area contributed by atoms with Gasteiger partial charge in [-0.1, -0.05) is 0 Å². The van der Waals surface area contributed by atoms with Crippen LogP contribution in [0.1, 0.15) is 41.4 Å². The van der Waals surface area contributed by atoms with Crippen LogP contribution in [-0.4, -0.2) is 86.2 Å². The summed E-state index contributed by atoms with van der Waals surface area (Å²) in [6, 6.07) is 8.31. The first-order valence-corrected chi connectivity index (χ1v) is 13.8. The van der Waals surface area contributed by atoms with Crippen molar-refractivity contribution >= 4 is 23.1 Å². The van der Waals surface area contributed by atoms with E-state index in [1.165, 1.54) is 66.9 Å². The van der Waals surface area contributed by atoms with Crippen molar-refractivity contribution in [2.75, 3.05) is 42.7 Å². The third kappa shape index (κ3) is 6.18. The molecular weight excluding hydrogens is 632 g/mol. The van der Waals surface area contributed by atoms with Crippen molar-refractivity contribution in [3.05, 3.63) is 70.8 Å². The average Bonchev–Trinajstić information content (AvgIpc) is 3.10. The molecule has 0 bridgehead atoms. The maximum Gasteiger partial charge on any atom is 0.237 e. The second-order valence-corrected chi connectivity index (χ2v) is 9.92. The van der Waals surface area contributed by atoms with Gasteiger partial charge >= 0.3 is 0 Å². The van der Waals surface area contributed by atoms with E-state index in [1.54, 1.807) is 0 Å². The molecule has 0 heterocycles. The van der Waals surface area contributed by atoms with Gasteiger partial charge in [0, 0.05) is 22.3 Å². The van der Waals surface area contributed by atoms with Crippen LogP contribution in [0.25, 0.3) is 11.1 Å². The van der Waals surface area contributed by atoms with Gasteiger partial charge in [0.1, 0.15) is 23.0 Å². The minimum atomic E-state index is -1.21. The smallest absolute Gasteiger partial charge is 0.237 e. The minimum Gasteiger partial charge on any atom is -0.507 e. The summed E-state index contributed by atoms with van der Waals surface area (Å²) in [6.07, 6.45) is 0. The summed E-state index contributed by atoms with van der Waals surface area (Å²) in [5.41, 5.74) is -2.07. The van der Waals surface area contributed by atoms with Crippen molar-refractivity contribution in [2.24, 2.45) is 0 Å². The highest BCUT2D eigenvalue weighted by Gasteiger charge is 2.29. The molecule has 14 nitrogen and oxygen atoms in total. The van der Waals surface area contributed by atoms with Gasteiger partial charge in [-0.05, 0) is 48.5 Å². The third-order valence-electron chi connectivity index (χ3n) is 7.27. The Morgan fingerprint density at radius 3 is 0.938 bits per heavy atom. The second kappa shape index (κ2) is 13.9. The molecule has 4 N–H and O–H groups in total. The number of ketones is 4. The molecule has 0 fully saturated rings. The van der Waals surface area contributed by atoms with Crippen LogP contribution < -0.4 is 28.4 Å². The lowest BCUT2D eigenvalue weighted by atomic mass is 9.93.